The van der Waals surface area contributed by atoms with Gasteiger partial charge in [0.2, 0.25) is 11.8 Å². The Bertz CT molecular complexity index is 1430. The molecule has 10 heteroatoms. The van der Waals surface area contributed by atoms with Gasteiger partial charge in [-0.1, -0.05) is 49.7 Å². The number of methoxy groups -OCH3 is 2. The number of benzene rings is 3. The molecule has 0 heterocycles. The van der Waals surface area contributed by atoms with Gasteiger partial charge in [-0.2, -0.15) is 0 Å². The first-order chi connectivity index (χ1) is 19.6. The normalized spacial score (nSPS) is 11.8. The van der Waals surface area contributed by atoms with Gasteiger partial charge in [-0.05, 0) is 67.8 Å². The highest BCUT2D eigenvalue weighted by Crippen LogP contribution is 2.33. The Hall–Kier alpha value is -4.05. The fourth-order valence-corrected chi connectivity index (χ4v) is 5.75. The van der Waals surface area contributed by atoms with Crippen LogP contribution in [0.4, 0.5) is 5.69 Å². The van der Waals surface area contributed by atoms with E-state index in [4.69, 9.17) is 9.47 Å². The zero-order valence-corrected chi connectivity index (χ0v) is 25.1. The minimum Gasteiger partial charge on any atom is -0.497 e. The predicted octanol–water partition coefficient (Wildman–Crippen LogP) is 4.54. The lowest BCUT2D eigenvalue weighted by Gasteiger charge is -2.32. The number of hydrogen-bond donors (Lipinski definition) is 1. The molecule has 3 aromatic carbocycles. The molecule has 0 fully saturated rings. The maximum atomic E-state index is 14.1. The van der Waals surface area contributed by atoms with Gasteiger partial charge in [0.15, 0.2) is 0 Å². The molecule has 0 radical (unpaired) electrons. The number of unbranched alkanes of at least 4 members (excludes halogenated alkanes) is 1. The van der Waals surface area contributed by atoms with Crippen molar-refractivity contribution in [1.29, 1.82) is 0 Å². The van der Waals surface area contributed by atoms with E-state index >= 15 is 0 Å². The molecule has 0 saturated carbocycles. The first-order valence-corrected chi connectivity index (χ1v) is 15.0. The molecular weight excluding hydrogens is 542 g/mol. The number of anilines is 1. The zero-order chi connectivity index (χ0) is 30.0. The molecule has 0 aliphatic carbocycles. The van der Waals surface area contributed by atoms with Crippen molar-refractivity contribution in [3.8, 4) is 11.5 Å². The molecule has 0 spiro atoms. The van der Waals surface area contributed by atoms with Gasteiger partial charge >= 0.3 is 0 Å². The number of hydrogen-bond acceptors (Lipinski definition) is 6. The van der Waals surface area contributed by atoms with Crippen LogP contribution in [0.5, 0.6) is 11.5 Å². The maximum absolute atomic E-state index is 14.1. The van der Waals surface area contributed by atoms with Crippen molar-refractivity contribution >= 4 is 27.5 Å². The first-order valence-electron chi connectivity index (χ1n) is 13.5. The molecule has 0 aliphatic rings. The van der Waals surface area contributed by atoms with Gasteiger partial charge in [0.1, 0.15) is 24.1 Å². The summed E-state index contributed by atoms with van der Waals surface area (Å²) in [4.78, 5) is 28.6. The van der Waals surface area contributed by atoms with E-state index in [2.05, 4.69) is 5.32 Å². The molecule has 0 saturated heterocycles. The lowest BCUT2D eigenvalue weighted by molar-refractivity contribution is -0.139. The molecular formula is C31H39N3O6S. The quantitative estimate of drug-likeness (QED) is 0.280. The van der Waals surface area contributed by atoms with E-state index in [1.165, 1.54) is 24.1 Å². The van der Waals surface area contributed by atoms with Crippen molar-refractivity contribution in [1.82, 2.24) is 10.2 Å². The highest BCUT2D eigenvalue weighted by molar-refractivity contribution is 7.92. The Kier molecular flexibility index (Phi) is 11.2. The number of sulfonamides is 1. The molecule has 41 heavy (non-hydrogen) atoms. The van der Waals surface area contributed by atoms with Gasteiger partial charge < -0.3 is 19.7 Å². The second-order valence-electron chi connectivity index (χ2n) is 9.69. The summed E-state index contributed by atoms with van der Waals surface area (Å²) in [6, 6.07) is 19.4. The summed E-state index contributed by atoms with van der Waals surface area (Å²) in [5, 5.41) is 2.88. The highest BCUT2D eigenvalue weighted by Gasteiger charge is 2.33. The molecule has 1 atom stereocenters. The second-order valence-corrected chi connectivity index (χ2v) is 11.6. The van der Waals surface area contributed by atoms with Gasteiger partial charge in [0.05, 0.1) is 24.8 Å². The Morgan fingerprint density at radius 1 is 0.951 bits per heavy atom. The molecule has 1 N–H and O–H groups in total. The molecule has 0 unspecified atom stereocenters. The topological polar surface area (TPSA) is 105 Å². The van der Waals surface area contributed by atoms with Crippen LogP contribution in [-0.2, 0) is 26.2 Å². The van der Waals surface area contributed by atoms with Crippen LogP contribution in [0.3, 0.4) is 0 Å². The molecule has 0 aliphatic heterocycles. The fraction of sp³-hybridized carbons (Fsp3) is 0.355. The summed E-state index contributed by atoms with van der Waals surface area (Å²) < 4.78 is 39.9. The van der Waals surface area contributed by atoms with E-state index in [0.29, 0.717) is 18.0 Å². The van der Waals surface area contributed by atoms with E-state index in [1.807, 2.05) is 19.9 Å². The van der Waals surface area contributed by atoms with E-state index < -0.39 is 28.5 Å². The molecule has 0 aromatic heterocycles. The van der Waals surface area contributed by atoms with E-state index in [9.17, 15) is 18.0 Å². The third-order valence-corrected chi connectivity index (χ3v) is 8.47. The van der Waals surface area contributed by atoms with Crippen LogP contribution in [-0.4, -0.2) is 58.5 Å². The first kappa shape index (κ1) is 31.5. The van der Waals surface area contributed by atoms with Gasteiger partial charge in [-0.3, -0.25) is 13.9 Å². The average molecular weight is 582 g/mol. The summed E-state index contributed by atoms with van der Waals surface area (Å²) in [6.07, 6.45) is 1.71. The summed E-state index contributed by atoms with van der Waals surface area (Å²) >= 11 is 0. The number of amides is 2. The van der Waals surface area contributed by atoms with Gasteiger partial charge in [0.25, 0.3) is 10.0 Å². The summed E-state index contributed by atoms with van der Waals surface area (Å²) in [5.41, 5.74) is 1.75. The van der Waals surface area contributed by atoms with E-state index in [0.717, 1.165) is 28.3 Å². The largest absolute Gasteiger partial charge is 0.497 e. The van der Waals surface area contributed by atoms with Crippen molar-refractivity contribution in [2.24, 2.45) is 0 Å². The Morgan fingerprint density at radius 3 is 2.34 bits per heavy atom. The molecule has 220 valence electrons. The van der Waals surface area contributed by atoms with Crippen LogP contribution in [0.15, 0.2) is 77.7 Å². The Labute approximate surface area is 243 Å². The predicted molar refractivity (Wildman–Crippen MR) is 160 cm³/mol. The van der Waals surface area contributed by atoms with Crippen molar-refractivity contribution in [2.45, 2.75) is 51.1 Å². The smallest absolute Gasteiger partial charge is 0.264 e. The van der Waals surface area contributed by atoms with Crippen LogP contribution < -0.4 is 19.1 Å². The molecule has 9 nitrogen and oxygen atoms in total. The van der Waals surface area contributed by atoms with Crippen LogP contribution in [0.1, 0.15) is 37.8 Å². The van der Waals surface area contributed by atoms with E-state index in [1.54, 1.807) is 68.6 Å². The molecule has 2 amide bonds. The SMILES string of the molecule is CCCCNC(=O)[C@H](C)N(Cc1cccc(OC)c1)C(=O)CN(c1cc(C)ccc1OC)S(=O)(=O)c1ccccc1. The third-order valence-electron chi connectivity index (χ3n) is 6.70. The van der Waals surface area contributed by atoms with Crippen LogP contribution >= 0.6 is 0 Å². The second kappa shape index (κ2) is 14.5. The third kappa shape index (κ3) is 8.00. The molecule has 0 bridgehead atoms. The summed E-state index contributed by atoms with van der Waals surface area (Å²) in [6.45, 7) is 5.50. The maximum Gasteiger partial charge on any atom is 0.264 e. The Balaban J connectivity index is 2.06. The number of carbonyl (C=O) groups excluding carboxylic acids is 2. The lowest BCUT2D eigenvalue weighted by Crippen LogP contribution is -2.51. The minimum absolute atomic E-state index is 0.0288. The number of nitrogens with one attached hydrogen (secondary N) is 1. The van der Waals surface area contributed by atoms with Crippen molar-refractivity contribution in [3.63, 3.8) is 0 Å². The standard InChI is InChI=1S/C31H39N3O6S/c1-6-7-18-32-31(36)24(3)33(21-25-12-11-13-26(20-25)39-4)30(35)22-34(28-19-23(2)16-17-29(28)40-5)41(37,38)27-14-9-8-10-15-27/h8-17,19-20,24H,6-7,18,21-22H2,1-5H3,(H,32,36)/t24-/m0/s1. The monoisotopic (exact) mass is 581 g/mol. The Morgan fingerprint density at radius 2 is 1.68 bits per heavy atom. The number of rotatable bonds is 14. The van der Waals surface area contributed by atoms with Crippen LogP contribution in [0.2, 0.25) is 0 Å². The van der Waals surface area contributed by atoms with Gasteiger partial charge in [-0.25, -0.2) is 8.42 Å². The lowest BCUT2D eigenvalue weighted by atomic mass is 10.1. The summed E-state index contributed by atoms with van der Waals surface area (Å²) in [7, 11) is -1.20. The number of carbonyl (C=O) groups is 2. The molecule has 3 rings (SSSR count). The van der Waals surface area contributed by atoms with Gasteiger partial charge in [-0.15, -0.1) is 0 Å². The van der Waals surface area contributed by atoms with Crippen molar-refractivity contribution in [2.75, 3.05) is 31.6 Å². The summed E-state index contributed by atoms with van der Waals surface area (Å²) in [5.74, 6) is 0.0367. The van der Waals surface area contributed by atoms with Gasteiger partial charge in [0, 0.05) is 13.1 Å². The van der Waals surface area contributed by atoms with E-state index in [-0.39, 0.29) is 23.0 Å². The number of ether oxygens (including phenoxy) is 2. The van der Waals surface area contributed by atoms with Crippen molar-refractivity contribution < 1.29 is 27.5 Å². The van der Waals surface area contributed by atoms with Crippen molar-refractivity contribution in [3.05, 3.63) is 83.9 Å². The fourth-order valence-electron chi connectivity index (χ4n) is 4.31. The number of nitrogens with zero attached hydrogens (tertiary/aromatic N) is 2. The van der Waals surface area contributed by atoms with Crippen LogP contribution in [0.25, 0.3) is 0 Å². The minimum atomic E-state index is -4.19. The molecule has 3 aromatic rings. The average Bonchev–Trinajstić information content (AvgIpc) is 2.98. The number of aryl methyl sites for hydroxylation is 1. The highest BCUT2D eigenvalue weighted by atomic mass is 32.2. The van der Waals surface area contributed by atoms with Crippen LogP contribution in [0, 0.1) is 6.92 Å². The zero-order valence-electron chi connectivity index (χ0n) is 24.3.